The molecule has 4 aromatic rings. The van der Waals surface area contributed by atoms with Gasteiger partial charge in [-0.15, -0.1) is 0 Å². The van der Waals surface area contributed by atoms with Gasteiger partial charge in [0.2, 0.25) is 53.2 Å². The first kappa shape index (κ1) is 106. The van der Waals surface area contributed by atoms with Gasteiger partial charge in [0, 0.05) is 91.3 Å². The molecule has 12 atom stereocenters. The maximum absolute atomic E-state index is 14.9. The first-order chi connectivity index (χ1) is 59.8. The molecule has 36 heteroatoms. The number of hydrogen-bond acceptors (Lipinski definition) is 23. The van der Waals surface area contributed by atoms with Crippen molar-refractivity contribution >= 4 is 81.9 Å². The third kappa shape index (κ3) is 36.4. The molecule has 12 N–H and O–H groups in total. The minimum absolute atomic E-state index is 0.0416. The standard InChI is InChI=1S/C89H143N15O21/c1-17-61(8)80(72(117-15)54-76(108)104-39-24-30-71(104)82(118-16)62(9)83(110)95-63(10)81(109)65-25-19-18-20-26-65)101(13)87(114)78(59(4)5)99-86(113)79(60(6)7)102(14)89(116)125-57-64-31-33-67(34-32-64)96-84(111)69(28-23-37-93-88(90)115)97-85(112)77(58(2)3)98-74(106)36-41-119-43-45-121-47-49-123-51-52-124-50-48-122-46-44-120-42-38-92-75(107)55-94-73(105)35-40-103-68(56-100(12)91-11)53-66-27-21-22-29-70(66)103/h18-22,25-27,29,31-34,53,58-63,69,71-72,77-82,91,109H,17,23-24,28,30,35-52,54-57H2,1-16H3,(H,92,107)(H,94,105)(H,95,110)(H,96,111)(H,97,112)(H,98,106)(H,99,113)(H3,90,93,115)/t61-,62+,63+,69-,71-,72+,77-,78-,79-,80-,81+,82+/m0/s1. The second-order valence-electron chi connectivity index (χ2n) is 32.5. The number of aryl methyl sites for hydroxylation is 1. The first-order valence-electron chi connectivity index (χ1n) is 43.6. The van der Waals surface area contributed by atoms with E-state index in [2.05, 4.69) is 58.6 Å². The molecule has 1 saturated heterocycles. The van der Waals surface area contributed by atoms with Crippen LogP contribution in [0.15, 0.2) is 84.9 Å². The van der Waals surface area contributed by atoms with E-state index in [1.54, 1.807) is 109 Å². The molecule has 1 aromatic heterocycles. The zero-order valence-corrected chi connectivity index (χ0v) is 76.3. The number of carbonyl (C=O) groups excluding carboxylic acids is 11. The zero-order valence-electron chi connectivity index (χ0n) is 76.3. The lowest BCUT2D eigenvalue weighted by molar-refractivity contribution is -0.148. The van der Waals surface area contributed by atoms with Crippen LogP contribution in [0.25, 0.3) is 10.9 Å². The summed E-state index contributed by atoms with van der Waals surface area (Å²) in [5.74, 6) is -5.97. The highest BCUT2D eigenvalue weighted by atomic mass is 16.6. The Morgan fingerprint density at radius 2 is 1.20 bits per heavy atom. The fraction of sp³-hybridized carbons (Fsp3) is 0.652. The van der Waals surface area contributed by atoms with E-state index >= 15 is 0 Å². The fourth-order valence-electron chi connectivity index (χ4n) is 14.8. The van der Waals surface area contributed by atoms with Crippen molar-refractivity contribution in [2.45, 2.75) is 201 Å². The number of fused-ring (bicyclic) bond motifs is 1. The Labute approximate surface area is 737 Å². The van der Waals surface area contributed by atoms with E-state index < -0.39 is 126 Å². The average Bonchev–Trinajstić information content (AvgIpc) is 1.70. The number of aliphatic hydroxyl groups is 1. The molecule has 12 amide bonds. The van der Waals surface area contributed by atoms with E-state index in [9.17, 15) is 57.8 Å². The van der Waals surface area contributed by atoms with E-state index in [1.807, 2.05) is 75.4 Å². The van der Waals surface area contributed by atoms with Crippen molar-refractivity contribution < 1.29 is 100 Å². The minimum atomic E-state index is -1.13. The number of nitrogens with two attached hydrogens (primary N) is 1. The highest BCUT2D eigenvalue weighted by molar-refractivity contribution is 5.99. The monoisotopic (exact) mass is 1760 g/mol. The number of hydrazine groups is 1. The fourth-order valence-corrected chi connectivity index (χ4v) is 14.8. The Morgan fingerprint density at radius 1 is 0.600 bits per heavy atom. The number of hydrogen-bond donors (Lipinski definition) is 11. The number of methoxy groups -OCH3 is 2. The van der Waals surface area contributed by atoms with Crippen LogP contribution in [0.1, 0.15) is 144 Å². The average molecular weight is 1760 g/mol. The van der Waals surface area contributed by atoms with Gasteiger partial charge in [-0.25, -0.2) is 14.6 Å². The highest BCUT2D eigenvalue weighted by Gasteiger charge is 2.44. The van der Waals surface area contributed by atoms with E-state index in [0.717, 1.165) is 16.6 Å². The number of amides is 12. The third-order valence-corrected chi connectivity index (χ3v) is 22.1. The molecule has 1 aliphatic rings. The Balaban J connectivity index is 0.977. The number of primary amides is 1. The molecule has 0 spiro atoms. The van der Waals surface area contributed by atoms with E-state index in [4.69, 9.17) is 48.4 Å². The summed E-state index contributed by atoms with van der Waals surface area (Å²) in [4.78, 5) is 153. The molecule has 1 fully saturated rings. The van der Waals surface area contributed by atoms with Gasteiger partial charge in [-0.05, 0) is 104 Å². The number of aromatic nitrogens is 1. The minimum Gasteiger partial charge on any atom is -0.445 e. The van der Waals surface area contributed by atoms with Crippen LogP contribution < -0.4 is 53.7 Å². The topological polar surface area (TPSA) is 443 Å². The number of likely N-dealkylation sites (N-methyl/N-ethyl adjacent to an activating group) is 2. The Hall–Kier alpha value is -9.47. The molecule has 2 heterocycles. The Bertz CT molecular complexity index is 3940. The molecule has 700 valence electrons. The SMILES string of the molecule is CC[C@H](C)[C@@H]([C@@H](CC(=O)N1CCC[C@H]1[C@H](OC)[C@@H](C)C(=O)N[C@H](C)[C@@H](O)c1ccccc1)OC)N(C)C(=O)[C@@H](NC(=O)[C@H](C(C)C)N(C)C(=O)OCc1ccc(NC(=O)[C@H](CCCNC(N)=O)NC(=O)[C@@H](NC(=O)CCOCCOCCOCCOCCOCCOCCNC(=O)CNC(=O)CCn2c(CN(C)NC)cc3ccccc32)C(C)C)cc1)C(C)C. The summed E-state index contributed by atoms with van der Waals surface area (Å²) in [6.45, 7) is 23.1. The predicted molar refractivity (Wildman–Crippen MR) is 472 cm³/mol. The smallest absolute Gasteiger partial charge is 0.410 e. The molecule has 0 bridgehead atoms. The summed E-state index contributed by atoms with van der Waals surface area (Å²) in [5, 5.41) is 36.2. The summed E-state index contributed by atoms with van der Waals surface area (Å²) >= 11 is 0. The number of nitrogens with zero attached hydrogens (tertiary/aromatic N) is 5. The number of carbonyl (C=O) groups is 11. The number of anilines is 1. The first-order valence-corrected chi connectivity index (χ1v) is 43.6. The summed E-state index contributed by atoms with van der Waals surface area (Å²) in [6, 6.07) is 18.8. The van der Waals surface area contributed by atoms with E-state index in [0.29, 0.717) is 109 Å². The summed E-state index contributed by atoms with van der Waals surface area (Å²) < 4.78 is 53.3. The lowest BCUT2D eigenvalue weighted by Gasteiger charge is -2.41. The Kier molecular flexibility index (Phi) is 48.6. The lowest BCUT2D eigenvalue weighted by Crippen LogP contribution is -2.60. The van der Waals surface area contributed by atoms with Gasteiger partial charge in [0.15, 0.2) is 0 Å². The molecule has 0 saturated carbocycles. The highest BCUT2D eigenvalue weighted by Crippen LogP contribution is 2.31. The van der Waals surface area contributed by atoms with Crippen LogP contribution in [-0.2, 0) is 105 Å². The molecule has 5 rings (SSSR count). The number of aliphatic hydroxyl groups excluding tert-OH is 1. The predicted octanol–water partition coefficient (Wildman–Crippen LogP) is 4.92. The van der Waals surface area contributed by atoms with Crippen LogP contribution in [-0.4, -0.2) is 297 Å². The van der Waals surface area contributed by atoms with E-state index in [-0.39, 0.29) is 114 Å². The van der Waals surface area contributed by atoms with Crippen molar-refractivity contribution in [2.75, 3.05) is 153 Å². The maximum Gasteiger partial charge on any atom is 0.410 e. The number of ether oxygens (including phenoxy) is 9. The van der Waals surface area contributed by atoms with Gasteiger partial charge in [0.05, 0.1) is 141 Å². The van der Waals surface area contributed by atoms with Gasteiger partial charge in [0.1, 0.15) is 30.8 Å². The summed E-state index contributed by atoms with van der Waals surface area (Å²) in [7, 11) is 9.88. The second kappa shape index (κ2) is 57.3. The van der Waals surface area contributed by atoms with Gasteiger partial charge >= 0.3 is 12.1 Å². The second-order valence-corrected chi connectivity index (χ2v) is 32.5. The molecule has 0 unspecified atom stereocenters. The van der Waals surface area contributed by atoms with Crippen LogP contribution in [0.3, 0.4) is 0 Å². The Morgan fingerprint density at radius 3 is 1.78 bits per heavy atom. The zero-order chi connectivity index (χ0) is 92.1. The number of likely N-dealkylation sites (tertiary alicyclic amines) is 1. The van der Waals surface area contributed by atoms with Crippen LogP contribution in [0.4, 0.5) is 15.3 Å². The van der Waals surface area contributed by atoms with Crippen LogP contribution in [0, 0.1) is 29.6 Å². The van der Waals surface area contributed by atoms with Crippen molar-refractivity contribution in [1.82, 2.24) is 66.9 Å². The molecular weight excluding hydrogens is 1620 g/mol. The number of benzene rings is 3. The quantitative estimate of drug-likeness (QED) is 0.0206. The maximum atomic E-state index is 14.9. The van der Waals surface area contributed by atoms with Crippen LogP contribution >= 0.6 is 0 Å². The van der Waals surface area contributed by atoms with Gasteiger partial charge < -0.3 is 110 Å². The number of nitrogens with one attached hydrogen (secondary N) is 9. The molecule has 36 nitrogen and oxygen atoms in total. The van der Waals surface area contributed by atoms with Gasteiger partial charge in [-0.1, -0.05) is 129 Å². The molecule has 1 aliphatic heterocycles. The van der Waals surface area contributed by atoms with Crippen molar-refractivity contribution in [2.24, 2.45) is 35.3 Å². The van der Waals surface area contributed by atoms with Crippen molar-refractivity contribution in [3.8, 4) is 0 Å². The molecule has 3 aromatic carbocycles. The van der Waals surface area contributed by atoms with Crippen LogP contribution in [0.5, 0.6) is 0 Å². The van der Waals surface area contributed by atoms with Gasteiger partial charge in [-0.2, -0.15) is 0 Å². The third-order valence-electron chi connectivity index (χ3n) is 22.1. The molecular formula is C89H143N15O21. The molecule has 0 radical (unpaired) electrons. The van der Waals surface area contributed by atoms with E-state index in [1.165, 1.54) is 26.2 Å². The molecule has 125 heavy (non-hydrogen) atoms. The lowest BCUT2D eigenvalue weighted by atomic mass is 9.89. The van der Waals surface area contributed by atoms with Crippen molar-refractivity contribution in [3.63, 3.8) is 0 Å². The van der Waals surface area contributed by atoms with Crippen molar-refractivity contribution in [3.05, 3.63) is 102 Å². The number of rotatable bonds is 61. The number of para-hydroxylation sites is 1. The van der Waals surface area contributed by atoms with Crippen molar-refractivity contribution in [1.29, 1.82) is 0 Å². The molecule has 0 aliphatic carbocycles. The summed E-state index contributed by atoms with van der Waals surface area (Å²) in [5.41, 5.74) is 12.0. The van der Waals surface area contributed by atoms with Crippen LogP contribution in [0.2, 0.25) is 0 Å². The number of urea groups is 1. The van der Waals surface area contributed by atoms with Gasteiger partial charge in [-0.3, -0.25) is 53.5 Å². The largest absolute Gasteiger partial charge is 0.445 e. The summed E-state index contributed by atoms with van der Waals surface area (Å²) in [6.07, 6.45) is -0.991. The normalized spacial score (nSPS) is 15.5. The van der Waals surface area contributed by atoms with Gasteiger partial charge in [0.25, 0.3) is 0 Å².